The Balaban J connectivity index is 1.83. The van der Waals surface area contributed by atoms with E-state index in [-0.39, 0.29) is 11.6 Å². The maximum Gasteiger partial charge on any atom is 0.363 e. The summed E-state index contributed by atoms with van der Waals surface area (Å²) in [6.07, 6.45) is 5.21. The van der Waals surface area contributed by atoms with E-state index in [9.17, 15) is 4.79 Å². The number of ether oxygens (including phenoxy) is 2. The maximum atomic E-state index is 12.0. The number of carbonyl (C=O) groups excluding carboxylic acids is 1. The summed E-state index contributed by atoms with van der Waals surface area (Å²) in [4.78, 5) is 16.2. The Kier molecular flexibility index (Phi) is 4.87. The number of nitrogens with zero attached hydrogens (tertiary/aromatic N) is 1. The van der Waals surface area contributed by atoms with Gasteiger partial charge in [0.05, 0.1) is 6.61 Å². The van der Waals surface area contributed by atoms with E-state index in [4.69, 9.17) is 9.47 Å². The van der Waals surface area contributed by atoms with Crippen LogP contribution in [-0.2, 0) is 9.53 Å². The highest BCUT2D eigenvalue weighted by Crippen LogP contribution is 2.23. The van der Waals surface area contributed by atoms with Gasteiger partial charge in [0.15, 0.2) is 5.70 Å². The van der Waals surface area contributed by atoms with Gasteiger partial charge in [-0.25, -0.2) is 9.79 Å². The molecule has 24 heavy (non-hydrogen) atoms. The third-order valence-electron chi connectivity index (χ3n) is 3.37. The molecule has 4 nitrogen and oxygen atoms in total. The van der Waals surface area contributed by atoms with Crippen LogP contribution in [0.2, 0.25) is 0 Å². The summed E-state index contributed by atoms with van der Waals surface area (Å²) >= 11 is 0. The van der Waals surface area contributed by atoms with E-state index in [0.717, 1.165) is 11.1 Å². The van der Waals surface area contributed by atoms with E-state index in [1.54, 1.807) is 12.2 Å². The van der Waals surface area contributed by atoms with Crippen molar-refractivity contribution in [1.29, 1.82) is 0 Å². The molecule has 0 bridgehead atoms. The predicted octanol–water partition coefficient (Wildman–Crippen LogP) is 4.09. The van der Waals surface area contributed by atoms with Crippen LogP contribution in [0.3, 0.4) is 0 Å². The van der Waals surface area contributed by atoms with Crippen LogP contribution >= 0.6 is 0 Å². The first-order chi connectivity index (χ1) is 11.8. The molecule has 0 spiro atoms. The van der Waals surface area contributed by atoms with Crippen molar-refractivity contribution in [1.82, 2.24) is 0 Å². The Morgan fingerprint density at radius 3 is 2.58 bits per heavy atom. The molecule has 0 aliphatic carbocycles. The minimum Gasteiger partial charge on any atom is -0.493 e. The molecule has 3 rings (SSSR count). The second-order valence-electron chi connectivity index (χ2n) is 5.08. The first kappa shape index (κ1) is 15.7. The first-order valence-corrected chi connectivity index (χ1v) is 7.74. The lowest BCUT2D eigenvalue weighted by Crippen LogP contribution is -2.01. The first-order valence-electron chi connectivity index (χ1n) is 7.74. The van der Waals surface area contributed by atoms with Crippen LogP contribution < -0.4 is 4.74 Å². The third kappa shape index (κ3) is 3.79. The fourth-order valence-electron chi connectivity index (χ4n) is 2.26. The van der Waals surface area contributed by atoms with Crippen LogP contribution in [0, 0.1) is 0 Å². The smallest absolute Gasteiger partial charge is 0.363 e. The fraction of sp³-hybridized carbons (Fsp3) is 0.100. The van der Waals surface area contributed by atoms with E-state index in [2.05, 4.69) is 4.99 Å². The minimum atomic E-state index is -0.464. The summed E-state index contributed by atoms with van der Waals surface area (Å²) in [7, 11) is 0. The number of aliphatic imine (C=N–C) groups is 1. The molecule has 0 atom stereocenters. The van der Waals surface area contributed by atoms with Crippen molar-refractivity contribution in [3.05, 3.63) is 77.5 Å². The lowest BCUT2D eigenvalue weighted by Gasteiger charge is -2.06. The van der Waals surface area contributed by atoms with Crippen LogP contribution in [-0.4, -0.2) is 18.5 Å². The molecule has 1 heterocycles. The second-order valence-corrected chi connectivity index (χ2v) is 5.08. The largest absolute Gasteiger partial charge is 0.493 e. The Morgan fingerprint density at radius 2 is 1.79 bits per heavy atom. The predicted molar refractivity (Wildman–Crippen MR) is 94.6 cm³/mol. The molecule has 0 fully saturated rings. The average molecular weight is 319 g/mol. The quantitative estimate of drug-likeness (QED) is 0.616. The molecule has 0 amide bonds. The third-order valence-corrected chi connectivity index (χ3v) is 3.37. The molecular weight excluding hydrogens is 302 g/mol. The van der Waals surface area contributed by atoms with E-state index < -0.39 is 5.97 Å². The molecule has 2 aromatic carbocycles. The summed E-state index contributed by atoms with van der Waals surface area (Å²) in [5.74, 6) is 0.529. The van der Waals surface area contributed by atoms with Crippen molar-refractivity contribution >= 4 is 24.0 Å². The zero-order valence-electron chi connectivity index (χ0n) is 13.3. The van der Waals surface area contributed by atoms with E-state index in [1.807, 2.05) is 67.6 Å². The molecule has 0 saturated carbocycles. The van der Waals surface area contributed by atoms with Gasteiger partial charge >= 0.3 is 5.97 Å². The summed E-state index contributed by atoms with van der Waals surface area (Å²) in [5.41, 5.74) is 2.06. The second kappa shape index (κ2) is 7.42. The van der Waals surface area contributed by atoms with Crippen molar-refractivity contribution < 1.29 is 14.3 Å². The average Bonchev–Trinajstić information content (AvgIpc) is 2.96. The molecule has 120 valence electrons. The summed E-state index contributed by atoms with van der Waals surface area (Å²) in [6.45, 7) is 2.47. The molecular formula is C20H17NO3. The monoisotopic (exact) mass is 319 g/mol. The van der Waals surface area contributed by atoms with Gasteiger partial charge in [-0.1, -0.05) is 48.5 Å². The van der Waals surface area contributed by atoms with Crippen LogP contribution in [0.4, 0.5) is 0 Å². The minimum absolute atomic E-state index is 0.259. The van der Waals surface area contributed by atoms with E-state index >= 15 is 0 Å². The van der Waals surface area contributed by atoms with Gasteiger partial charge in [0, 0.05) is 11.6 Å². The van der Waals surface area contributed by atoms with E-state index in [0.29, 0.717) is 12.4 Å². The van der Waals surface area contributed by atoms with Crippen LogP contribution in [0.1, 0.15) is 18.1 Å². The molecule has 1 aliphatic heterocycles. The highest BCUT2D eigenvalue weighted by molar-refractivity contribution is 6.11. The molecule has 0 unspecified atom stereocenters. The number of hydrogen-bond acceptors (Lipinski definition) is 4. The Hall–Kier alpha value is -3.14. The van der Waals surface area contributed by atoms with Gasteiger partial charge in [-0.3, -0.25) is 0 Å². The highest BCUT2D eigenvalue weighted by atomic mass is 16.6. The normalized spacial score (nSPS) is 15.6. The molecule has 0 N–H and O–H groups in total. The Labute approximate surface area is 140 Å². The summed E-state index contributed by atoms with van der Waals surface area (Å²) in [6, 6.07) is 17.3. The number of hydrogen-bond donors (Lipinski definition) is 0. The lowest BCUT2D eigenvalue weighted by molar-refractivity contribution is -0.129. The Morgan fingerprint density at radius 1 is 1.04 bits per heavy atom. The number of esters is 1. The highest BCUT2D eigenvalue weighted by Gasteiger charge is 2.21. The zero-order valence-corrected chi connectivity index (χ0v) is 13.3. The number of benzene rings is 2. The van der Waals surface area contributed by atoms with Gasteiger partial charge < -0.3 is 9.47 Å². The van der Waals surface area contributed by atoms with Crippen molar-refractivity contribution in [2.45, 2.75) is 6.92 Å². The standard InChI is InChI=1S/C20H17NO3/c1-2-23-18-11-7-6-10-16(18)14-17-20(22)24-19(21-17)13-12-15-8-4-3-5-9-15/h3-14H,2H2,1H3/b13-12+,17-14-. The van der Waals surface area contributed by atoms with Crippen molar-refractivity contribution in [3.63, 3.8) is 0 Å². The van der Waals surface area contributed by atoms with Crippen molar-refractivity contribution in [3.8, 4) is 5.75 Å². The van der Waals surface area contributed by atoms with Crippen LogP contribution in [0.15, 0.2) is 71.4 Å². The zero-order chi connectivity index (χ0) is 16.8. The molecule has 1 aliphatic rings. The lowest BCUT2D eigenvalue weighted by atomic mass is 10.1. The summed E-state index contributed by atoms with van der Waals surface area (Å²) < 4.78 is 10.7. The summed E-state index contributed by atoms with van der Waals surface area (Å²) in [5, 5.41) is 0. The number of carbonyl (C=O) groups is 1. The van der Waals surface area contributed by atoms with Crippen LogP contribution in [0.5, 0.6) is 5.75 Å². The molecule has 2 aromatic rings. The number of rotatable bonds is 5. The van der Waals surface area contributed by atoms with Gasteiger partial charge in [-0.15, -0.1) is 0 Å². The van der Waals surface area contributed by atoms with Crippen molar-refractivity contribution in [2.75, 3.05) is 6.61 Å². The molecule has 0 aromatic heterocycles. The van der Waals surface area contributed by atoms with E-state index in [1.165, 1.54) is 0 Å². The van der Waals surface area contributed by atoms with Gasteiger partial charge in [0.25, 0.3) is 0 Å². The number of para-hydroxylation sites is 1. The number of cyclic esters (lactones) is 1. The maximum absolute atomic E-state index is 12.0. The van der Waals surface area contributed by atoms with Gasteiger partial charge in [0.2, 0.25) is 5.90 Å². The van der Waals surface area contributed by atoms with Gasteiger partial charge in [0.1, 0.15) is 5.75 Å². The van der Waals surface area contributed by atoms with Gasteiger partial charge in [-0.05, 0) is 30.7 Å². The topological polar surface area (TPSA) is 47.9 Å². The van der Waals surface area contributed by atoms with Crippen LogP contribution in [0.25, 0.3) is 12.2 Å². The molecule has 4 heteroatoms. The van der Waals surface area contributed by atoms with Gasteiger partial charge in [-0.2, -0.15) is 0 Å². The Bertz CT molecular complexity index is 820. The SMILES string of the molecule is CCOc1ccccc1/C=C1N=C(/C=C/c2ccccc2)OC\1=O. The molecule has 0 radical (unpaired) electrons. The van der Waals surface area contributed by atoms with Crippen molar-refractivity contribution in [2.24, 2.45) is 4.99 Å². The molecule has 0 saturated heterocycles. The fourth-order valence-corrected chi connectivity index (χ4v) is 2.26.